The van der Waals surface area contributed by atoms with Crippen molar-refractivity contribution in [1.29, 1.82) is 0 Å². The van der Waals surface area contributed by atoms with Crippen LogP contribution in [0.4, 0.5) is 4.39 Å². The summed E-state index contributed by atoms with van der Waals surface area (Å²) in [5.41, 5.74) is 33.2. The number of rotatable bonds is 13. The normalized spacial score (nSPS) is 14.5. The molecule has 0 saturated heterocycles. The average Bonchev–Trinajstić information content (AvgIpc) is 0.896. The van der Waals surface area contributed by atoms with Gasteiger partial charge in [-0.3, -0.25) is 0 Å². The van der Waals surface area contributed by atoms with Crippen molar-refractivity contribution in [2.45, 2.75) is 181 Å². The number of aryl methyl sites for hydroxylation is 7. The summed E-state index contributed by atoms with van der Waals surface area (Å²) in [5, 5.41) is 10.6. The molecule has 4 aromatic heterocycles. The number of pyridine rings is 4. The Morgan fingerprint density at radius 1 is 0.256 bits per heavy atom. The van der Waals surface area contributed by atoms with Crippen molar-refractivity contribution in [1.82, 2.24) is 0 Å². The molecule has 121 heavy (non-hydrogen) atoms. The molecule has 16 aromatic rings. The molecule has 0 aliphatic heterocycles. The largest absolute Gasteiger partial charge is 0.220 e. The fourth-order valence-corrected chi connectivity index (χ4v) is 20.7. The molecule has 4 aliphatic rings. The third-order valence-corrected chi connectivity index (χ3v) is 27.7. The first-order valence-electron chi connectivity index (χ1n) is 45.1. The van der Waals surface area contributed by atoms with Gasteiger partial charge in [0.1, 0.15) is 34.0 Å². The quantitative estimate of drug-likeness (QED) is 0.102. The van der Waals surface area contributed by atoms with Crippen LogP contribution in [-0.2, 0) is 28.2 Å². The van der Waals surface area contributed by atoms with Crippen molar-refractivity contribution in [3.63, 3.8) is 0 Å². The van der Waals surface area contributed by atoms with E-state index in [-0.39, 0.29) is 5.82 Å². The van der Waals surface area contributed by atoms with E-state index in [1.54, 1.807) is 6.07 Å². The second-order valence-corrected chi connectivity index (χ2v) is 35.9. The zero-order valence-electron chi connectivity index (χ0n) is 73.2. The van der Waals surface area contributed by atoms with Gasteiger partial charge in [-0.25, -0.2) is 22.7 Å². The molecule has 4 saturated carbocycles. The number of nitrogens with zero attached hydrogens (tertiary/aromatic N) is 4. The van der Waals surface area contributed by atoms with Gasteiger partial charge in [-0.1, -0.05) is 259 Å². The van der Waals surface area contributed by atoms with Gasteiger partial charge in [-0.2, -0.15) is 0 Å². The molecule has 0 amide bonds. The topological polar surface area (TPSA) is 15.5 Å². The van der Waals surface area contributed by atoms with Crippen molar-refractivity contribution in [2.75, 3.05) is 0 Å². The smallest absolute Gasteiger partial charge is 0.206 e. The van der Waals surface area contributed by atoms with Crippen molar-refractivity contribution in [3.8, 4) is 89.5 Å². The van der Waals surface area contributed by atoms with Gasteiger partial charge >= 0.3 is 0 Å². The van der Waals surface area contributed by atoms with Crippen LogP contribution in [0.5, 0.6) is 0 Å². The highest BCUT2D eigenvalue weighted by Crippen LogP contribution is 2.45. The van der Waals surface area contributed by atoms with Gasteiger partial charge in [0.05, 0.1) is 38.2 Å². The fraction of sp³-hybridized carbons (Fsp3) is 0.276. The zero-order chi connectivity index (χ0) is 83.4. The van der Waals surface area contributed by atoms with E-state index in [0.29, 0.717) is 17.4 Å². The standard InChI is InChI=1S/C31H34N.C29H30N.C28H27FN.C28H28N/c1-21(2)29-19-27(24-10-6-5-7-11-24)20-30(22(29)3)31-28-15-14-25(23-12-8-9-13-23)18-26(28)16-17-32(31)4;1-20-17-26(23-9-5-4-6-10-23)19-28(21(20)2)29-27-14-13-24(22-11-7-8-12-22)18-25(27)15-16-30(29)3;1-19-16-27(29)26(21-10-4-3-5-11-21)18-25(19)28-24-13-12-22(20-8-6-7-9-20)17-23(24)14-15-30(28)2;1-20-18-23(21-8-4-3-5-9-21)12-14-26(20)28-27-15-13-24(22-10-6-7-11-22)19-25(27)16-17-29(28)2/h5-7,10-11,14-21,23H,8-9,12-13H2,1-4H3;4-6,9-10,13-19,22H,7-8,11-12H2,1-3H3;3-5,10-18,20H,6-9H2,1-2H3;3-5,8-9,12-19,22H,6-7,10-11H2,1-2H3/q4*+1. The Morgan fingerprint density at radius 3 is 0.934 bits per heavy atom. The van der Waals surface area contributed by atoms with Crippen LogP contribution in [0.1, 0.15) is 202 Å². The number of hydrogen-bond acceptors (Lipinski definition) is 0. The van der Waals surface area contributed by atoms with Crippen LogP contribution >= 0.6 is 0 Å². The molecule has 5 heteroatoms. The maximum absolute atomic E-state index is 14.9. The van der Waals surface area contributed by atoms with Crippen molar-refractivity contribution in [3.05, 3.63) is 359 Å². The lowest BCUT2D eigenvalue weighted by Crippen LogP contribution is -2.31. The Morgan fingerprint density at radius 2 is 0.570 bits per heavy atom. The second kappa shape index (κ2) is 36.3. The maximum Gasteiger partial charge on any atom is 0.220 e. The van der Waals surface area contributed by atoms with Gasteiger partial charge in [-0.05, 0) is 286 Å². The Labute approximate surface area is 718 Å². The molecule has 12 aromatic carbocycles. The predicted molar refractivity (Wildman–Crippen MR) is 507 cm³/mol. The molecule has 606 valence electrons. The van der Waals surface area contributed by atoms with Crippen LogP contribution in [0.25, 0.3) is 133 Å². The molecule has 4 nitrogen and oxygen atoms in total. The summed E-state index contributed by atoms with van der Waals surface area (Å²) in [5.74, 6) is 3.25. The monoisotopic (exact) mass is 1590 g/mol. The second-order valence-electron chi connectivity index (χ2n) is 35.9. The minimum atomic E-state index is -0.172. The van der Waals surface area contributed by atoms with Gasteiger partial charge in [-0.15, -0.1) is 0 Å². The van der Waals surface area contributed by atoms with E-state index in [1.165, 1.54) is 263 Å². The third-order valence-electron chi connectivity index (χ3n) is 27.7. The van der Waals surface area contributed by atoms with Crippen molar-refractivity contribution in [2.24, 2.45) is 28.2 Å². The molecule has 0 bridgehead atoms. The van der Waals surface area contributed by atoms with E-state index in [2.05, 4.69) is 343 Å². The number of halogens is 1. The Balaban J connectivity index is 0.000000115. The Hall–Kier alpha value is -11.8. The molecule has 20 rings (SSSR count). The highest BCUT2D eigenvalue weighted by atomic mass is 19.1. The summed E-state index contributed by atoms with van der Waals surface area (Å²) in [4.78, 5) is 0. The summed E-state index contributed by atoms with van der Waals surface area (Å²) in [6, 6.07) is 99.5. The summed E-state index contributed by atoms with van der Waals surface area (Å²) >= 11 is 0. The van der Waals surface area contributed by atoms with Crippen LogP contribution < -0.4 is 18.3 Å². The highest BCUT2D eigenvalue weighted by molar-refractivity contribution is 5.99. The summed E-state index contributed by atoms with van der Waals surface area (Å²) in [6.45, 7) is 15.6. The van der Waals surface area contributed by atoms with Gasteiger partial charge < -0.3 is 0 Å². The van der Waals surface area contributed by atoms with Crippen LogP contribution in [0.3, 0.4) is 0 Å². The van der Waals surface area contributed by atoms with Crippen LogP contribution in [0.15, 0.2) is 298 Å². The first-order chi connectivity index (χ1) is 59.0. The fourth-order valence-electron chi connectivity index (χ4n) is 20.7. The first-order valence-corrected chi connectivity index (χ1v) is 45.1. The SMILES string of the molecule is Cc1c(-c2c3ccc(C4CCCC4)cc3cc[n+]2C)cc(-c2ccccc2)cc1C(C)C.Cc1cc(-c2ccccc2)cc(-c2c3ccc(C4CCCC4)cc3cc[n+]2C)c1C.Cc1cc(-c2ccccc2)ccc1-c1c2ccc(C3CCCC3)cc2cc[n+]1C.Cc1cc(F)c(-c2ccccc2)cc1-c1c2ccc(C3CCCC3)cc2cc[n+]1C. The molecule has 4 heterocycles. The molecule has 0 atom stereocenters. The highest BCUT2D eigenvalue weighted by Gasteiger charge is 2.29. The Kier molecular flexibility index (Phi) is 24.4. The molecule has 0 radical (unpaired) electrons. The molecular formula is C116H119FN4+4. The summed E-state index contributed by atoms with van der Waals surface area (Å²) in [6.07, 6.45) is 30.4. The Bertz CT molecular complexity index is 6440. The van der Waals surface area contributed by atoms with E-state index >= 15 is 0 Å². The molecule has 4 aliphatic carbocycles. The van der Waals surface area contributed by atoms with E-state index in [0.717, 1.165) is 40.1 Å². The third kappa shape index (κ3) is 17.4. The van der Waals surface area contributed by atoms with Crippen LogP contribution in [0.2, 0.25) is 0 Å². The number of fused-ring (bicyclic) bond motifs is 4. The number of hydrogen-bond donors (Lipinski definition) is 0. The summed E-state index contributed by atoms with van der Waals surface area (Å²) in [7, 11) is 8.59. The zero-order valence-corrected chi connectivity index (χ0v) is 73.2. The summed E-state index contributed by atoms with van der Waals surface area (Å²) < 4.78 is 23.9. The van der Waals surface area contributed by atoms with E-state index in [1.807, 2.05) is 43.3 Å². The minimum Gasteiger partial charge on any atom is -0.206 e. The van der Waals surface area contributed by atoms with E-state index < -0.39 is 0 Å². The lowest BCUT2D eigenvalue weighted by molar-refractivity contribution is -0.659. The van der Waals surface area contributed by atoms with Crippen molar-refractivity contribution < 1.29 is 22.7 Å². The van der Waals surface area contributed by atoms with Crippen LogP contribution in [-0.4, -0.2) is 0 Å². The number of benzene rings is 12. The van der Waals surface area contributed by atoms with Crippen LogP contribution in [0, 0.1) is 40.4 Å². The van der Waals surface area contributed by atoms with E-state index in [4.69, 9.17) is 0 Å². The lowest BCUT2D eigenvalue weighted by atomic mass is 9.87. The predicted octanol–water partition coefficient (Wildman–Crippen LogP) is 29.4. The average molecular weight is 1590 g/mol. The molecular weight excluding hydrogens is 1470 g/mol. The maximum atomic E-state index is 14.9. The molecule has 0 unspecified atom stereocenters. The van der Waals surface area contributed by atoms with Gasteiger partial charge in [0, 0.05) is 35.4 Å². The minimum absolute atomic E-state index is 0.172. The number of aromatic nitrogens is 4. The molecule has 0 spiro atoms. The first kappa shape index (κ1) is 81.6. The van der Waals surface area contributed by atoms with Crippen molar-refractivity contribution >= 4 is 43.1 Å². The van der Waals surface area contributed by atoms with E-state index in [9.17, 15) is 4.39 Å². The lowest BCUT2D eigenvalue weighted by Gasteiger charge is -2.18. The van der Waals surface area contributed by atoms with Gasteiger partial charge in [0.2, 0.25) is 22.8 Å². The molecule has 4 fully saturated rings. The van der Waals surface area contributed by atoms with Gasteiger partial charge in [0.25, 0.3) is 0 Å². The molecule has 0 N–H and O–H groups in total. The van der Waals surface area contributed by atoms with Gasteiger partial charge in [0.15, 0.2) is 24.8 Å².